The van der Waals surface area contributed by atoms with Crippen molar-refractivity contribution < 1.29 is 5.11 Å². The van der Waals surface area contributed by atoms with Crippen LogP contribution in [0.3, 0.4) is 0 Å². The van der Waals surface area contributed by atoms with Gasteiger partial charge in [-0.3, -0.25) is 9.58 Å². The van der Waals surface area contributed by atoms with Gasteiger partial charge in [0.05, 0.1) is 12.3 Å². The summed E-state index contributed by atoms with van der Waals surface area (Å²) in [6.07, 6.45) is 3.81. The van der Waals surface area contributed by atoms with E-state index in [1.54, 1.807) is 0 Å². The van der Waals surface area contributed by atoms with Crippen molar-refractivity contribution in [3.63, 3.8) is 0 Å². The van der Waals surface area contributed by atoms with Crippen molar-refractivity contribution in [1.29, 1.82) is 0 Å². The molecule has 0 amide bonds. The third-order valence-electron chi connectivity index (χ3n) is 3.21. The van der Waals surface area contributed by atoms with Gasteiger partial charge in [-0.2, -0.15) is 5.10 Å². The van der Waals surface area contributed by atoms with Crippen molar-refractivity contribution in [2.45, 2.75) is 33.2 Å². The van der Waals surface area contributed by atoms with E-state index in [-0.39, 0.29) is 6.61 Å². The summed E-state index contributed by atoms with van der Waals surface area (Å²) in [5, 5.41) is 13.7. The molecule has 18 heavy (non-hydrogen) atoms. The first-order chi connectivity index (χ1) is 8.67. The van der Waals surface area contributed by atoms with E-state index in [9.17, 15) is 0 Å². The van der Waals surface area contributed by atoms with Gasteiger partial charge in [0.2, 0.25) is 0 Å². The zero-order chi connectivity index (χ0) is 13.5. The molecule has 0 saturated heterocycles. The molecule has 1 N–H and O–H groups in total. The number of hydrogen-bond donors (Lipinski definition) is 1. The monoisotopic (exact) mass is 251 g/mol. The number of aromatic nitrogens is 2. The highest BCUT2D eigenvalue weighted by Gasteiger charge is 2.16. The van der Waals surface area contributed by atoms with Crippen LogP contribution in [-0.4, -0.2) is 39.5 Å². The topological polar surface area (TPSA) is 41.3 Å². The van der Waals surface area contributed by atoms with Crippen LogP contribution in [-0.2, 0) is 26.4 Å². The van der Waals surface area contributed by atoms with Gasteiger partial charge in [0.15, 0.2) is 0 Å². The average Bonchev–Trinajstić information content (AvgIpc) is 2.65. The maximum absolute atomic E-state index is 9.10. The number of nitrogens with zero attached hydrogens (tertiary/aromatic N) is 3. The Morgan fingerprint density at radius 2 is 2.11 bits per heavy atom. The normalized spacial score (nSPS) is 11.2. The van der Waals surface area contributed by atoms with E-state index in [0.29, 0.717) is 6.54 Å². The first-order valence-electron chi connectivity index (χ1n) is 6.65. The van der Waals surface area contributed by atoms with Gasteiger partial charge in [-0.15, -0.1) is 6.58 Å². The Bertz CT molecular complexity index is 385. The minimum absolute atomic E-state index is 0.178. The zero-order valence-corrected chi connectivity index (χ0v) is 11.8. The fourth-order valence-electron chi connectivity index (χ4n) is 2.35. The Labute approximate surface area is 110 Å². The standard InChI is InChI=1S/C14H25N3O/c1-5-8-17(9-10-18)11-12-13(6-2)15-16(4)14(12)7-3/h5,18H,1,6-11H2,2-4H3. The SMILES string of the molecule is C=CCN(CCO)Cc1c(CC)nn(C)c1CC. The van der Waals surface area contributed by atoms with Crippen LogP contribution in [0.2, 0.25) is 0 Å². The summed E-state index contributed by atoms with van der Waals surface area (Å²) in [5.74, 6) is 0. The first-order valence-corrected chi connectivity index (χ1v) is 6.65. The quantitative estimate of drug-likeness (QED) is 0.712. The molecule has 0 bridgehead atoms. The molecule has 0 spiro atoms. The molecule has 0 radical (unpaired) electrons. The number of aryl methyl sites for hydroxylation is 2. The van der Waals surface area contributed by atoms with Gasteiger partial charge in [0.25, 0.3) is 0 Å². The van der Waals surface area contributed by atoms with E-state index in [1.165, 1.54) is 17.0 Å². The van der Waals surface area contributed by atoms with Crippen LogP contribution in [0.1, 0.15) is 30.8 Å². The van der Waals surface area contributed by atoms with Crippen LogP contribution in [0, 0.1) is 0 Å². The van der Waals surface area contributed by atoms with Crippen LogP contribution in [0.25, 0.3) is 0 Å². The lowest BCUT2D eigenvalue weighted by Gasteiger charge is -2.20. The van der Waals surface area contributed by atoms with Crippen LogP contribution in [0.4, 0.5) is 0 Å². The fraction of sp³-hybridized carbons (Fsp3) is 0.643. The van der Waals surface area contributed by atoms with Gasteiger partial charge in [-0.25, -0.2) is 0 Å². The molecule has 0 saturated carbocycles. The molecule has 0 atom stereocenters. The lowest BCUT2D eigenvalue weighted by Crippen LogP contribution is -2.27. The number of aliphatic hydroxyl groups excluding tert-OH is 1. The molecule has 1 aromatic rings. The van der Waals surface area contributed by atoms with Gasteiger partial charge < -0.3 is 5.11 Å². The second kappa shape index (κ2) is 7.34. The van der Waals surface area contributed by atoms with Gasteiger partial charge in [0.1, 0.15) is 0 Å². The minimum atomic E-state index is 0.178. The van der Waals surface area contributed by atoms with Crippen molar-refractivity contribution in [2.75, 3.05) is 19.7 Å². The second-order valence-corrected chi connectivity index (χ2v) is 4.45. The van der Waals surface area contributed by atoms with Gasteiger partial charge >= 0.3 is 0 Å². The summed E-state index contributed by atoms with van der Waals surface area (Å²) in [7, 11) is 2.01. The predicted molar refractivity (Wildman–Crippen MR) is 74.5 cm³/mol. The lowest BCUT2D eigenvalue weighted by molar-refractivity contribution is 0.203. The van der Waals surface area contributed by atoms with Crippen molar-refractivity contribution in [3.05, 3.63) is 29.6 Å². The minimum Gasteiger partial charge on any atom is -0.395 e. The molecule has 1 rings (SSSR count). The van der Waals surface area contributed by atoms with E-state index in [4.69, 9.17) is 5.11 Å². The second-order valence-electron chi connectivity index (χ2n) is 4.45. The molecule has 0 aliphatic carbocycles. The summed E-state index contributed by atoms with van der Waals surface area (Å²) in [4.78, 5) is 2.20. The van der Waals surface area contributed by atoms with Crippen LogP contribution < -0.4 is 0 Å². The van der Waals surface area contributed by atoms with E-state index in [2.05, 4.69) is 30.4 Å². The number of rotatable bonds is 8. The summed E-state index contributed by atoms with van der Waals surface area (Å²) in [6, 6.07) is 0. The van der Waals surface area contributed by atoms with Gasteiger partial charge in [-0.1, -0.05) is 19.9 Å². The Morgan fingerprint density at radius 1 is 1.39 bits per heavy atom. The summed E-state index contributed by atoms with van der Waals surface area (Å²) in [6.45, 7) is 10.5. The number of hydrogen-bond acceptors (Lipinski definition) is 3. The lowest BCUT2D eigenvalue weighted by atomic mass is 10.1. The van der Waals surface area contributed by atoms with Crippen LogP contribution in [0.15, 0.2) is 12.7 Å². The molecule has 0 aliphatic rings. The maximum atomic E-state index is 9.10. The Kier molecular flexibility index (Phi) is 6.09. The van der Waals surface area contributed by atoms with E-state index >= 15 is 0 Å². The van der Waals surface area contributed by atoms with Crippen molar-refractivity contribution in [2.24, 2.45) is 7.05 Å². The highest BCUT2D eigenvalue weighted by atomic mass is 16.3. The third-order valence-corrected chi connectivity index (χ3v) is 3.21. The van der Waals surface area contributed by atoms with Crippen LogP contribution >= 0.6 is 0 Å². The van der Waals surface area contributed by atoms with Crippen molar-refractivity contribution >= 4 is 0 Å². The molecule has 1 aromatic heterocycles. The molecule has 0 fully saturated rings. The average molecular weight is 251 g/mol. The zero-order valence-electron chi connectivity index (χ0n) is 11.8. The maximum Gasteiger partial charge on any atom is 0.0669 e. The third kappa shape index (κ3) is 3.43. The molecule has 0 aliphatic heterocycles. The molecule has 0 unspecified atom stereocenters. The highest BCUT2D eigenvalue weighted by molar-refractivity contribution is 5.26. The Morgan fingerprint density at radius 3 is 2.61 bits per heavy atom. The summed E-state index contributed by atoms with van der Waals surface area (Å²) >= 11 is 0. The molecular weight excluding hydrogens is 226 g/mol. The fourth-order valence-corrected chi connectivity index (χ4v) is 2.35. The van der Waals surface area contributed by atoms with Crippen molar-refractivity contribution in [1.82, 2.24) is 14.7 Å². The summed E-state index contributed by atoms with van der Waals surface area (Å²) < 4.78 is 1.99. The largest absolute Gasteiger partial charge is 0.395 e. The smallest absolute Gasteiger partial charge is 0.0669 e. The molecule has 102 valence electrons. The summed E-state index contributed by atoms with van der Waals surface area (Å²) in [5.41, 5.74) is 3.78. The van der Waals surface area contributed by atoms with Gasteiger partial charge in [0, 0.05) is 37.9 Å². The van der Waals surface area contributed by atoms with Crippen LogP contribution in [0.5, 0.6) is 0 Å². The Balaban J connectivity index is 2.95. The molecular formula is C14H25N3O. The molecule has 0 aromatic carbocycles. The van der Waals surface area contributed by atoms with E-state index in [0.717, 1.165) is 25.9 Å². The Hall–Kier alpha value is -1.13. The van der Waals surface area contributed by atoms with E-state index < -0.39 is 0 Å². The number of aliphatic hydroxyl groups is 1. The first kappa shape index (κ1) is 14.9. The molecule has 4 heteroatoms. The highest BCUT2D eigenvalue weighted by Crippen LogP contribution is 2.17. The van der Waals surface area contributed by atoms with Crippen molar-refractivity contribution in [3.8, 4) is 0 Å². The van der Waals surface area contributed by atoms with Gasteiger partial charge in [-0.05, 0) is 12.8 Å². The predicted octanol–water partition coefficient (Wildman–Crippen LogP) is 1.53. The van der Waals surface area contributed by atoms with E-state index in [1.807, 2.05) is 17.8 Å². The molecule has 1 heterocycles. The molecule has 4 nitrogen and oxygen atoms in total.